The summed E-state index contributed by atoms with van der Waals surface area (Å²) in [6.45, 7) is 1.93. The quantitative estimate of drug-likeness (QED) is 0.108. The van der Waals surface area contributed by atoms with E-state index in [9.17, 15) is 29.1 Å². The van der Waals surface area contributed by atoms with Crippen molar-refractivity contribution in [2.75, 3.05) is 7.05 Å². The van der Waals surface area contributed by atoms with Crippen molar-refractivity contribution in [3.05, 3.63) is 84.1 Å². The molecule has 4 atom stereocenters. The number of fused-ring (bicyclic) bond motifs is 2. The van der Waals surface area contributed by atoms with Gasteiger partial charge in [0, 0.05) is 30.6 Å². The smallest absolute Gasteiger partial charge is 0.305 e. The van der Waals surface area contributed by atoms with Crippen molar-refractivity contribution in [2.45, 2.75) is 69.6 Å². The summed E-state index contributed by atoms with van der Waals surface area (Å²) in [4.78, 5) is 69.0. The number of likely N-dealkylation sites (N-methyl/N-ethyl adjacent to an activating group) is 1. The summed E-state index contributed by atoms with van der Waals surface area (Å²) in [6, 6.07) is 16.2. The van der Waals surface area contributed by atoms with Crippen LogP contribution in [0.4, 0.5) is 0 Å². The Bertz CT molecular complexity index is 1750. The van der Waals surface area contributed by atoms with Gasteiger partial charge in [0.1, 0.15) is 18.1 Å². The summed E-state index contributed by atoms with van der Waals surface area (Å²) in [5.41, 5.74) is 14.5. The van der Waals surface area contributed by atoms with E-state index >= 15 is 0 Å². The van der Waals surface area contributed by atoms with Crippen LogP contribution in [0, 0.1) is 0 Å². The van der Waals surface area contributed by atoms with Crippen LogP contribution in [0.2, 0.25) is 0 Å². The number of aliphatic carboxylic acids is 1. The van der Waals surface area contributed by atoms with E-state index in [0.29, 0.717) is 6.42 Å². The van der Waals surface area contributed by atoms with E-state index in [2.05, 4.69) is 15.6 Å². The lowest BCUT2D eigenvalue weighted by molar-refractivity contribution is -0.143. The Hall–Kier alpha value is -5.23. The van der Waals surface area contributed by atoms with Crippen molar-refractivity contribution in [1.82, 2.24) is 20.5 Å². The number of amides is 4. The molecule has 4 rings (SSSR count). The van der Waals surface area contributed by atoms with Crippen LogP contribution in [0.15, 0.2) is 72.9 Å². The summed E-state index contributed by atoms with van der Waals surface area (Å²) in [7, 11) is 1.47. The third-order valence-corrected chi connectivity index (χ3v) is 8.31. The molecule has 8 N–H and O–H groups in total. The molecule has 0 aliphatic carbocycles. The molecule has 0 radical (unpaired) electrons. The normalized spacial score (nSPS) is 13.8. The maximum Gasteiger partial charge on any atom is 0.305 e. The maximum absolute atomic E-state index is 13.6. The molecular formula is C35H42N6O6. The molecular weight excluding hydrogens is 600 g/mol. The van der Waals surface area contributed by atoms with Crippen molar-refractivity contribution >= 4 is 51.3 Å². The number of nitrogens with one attached hydrogen (secondary N) is 3. The lowest BCUT2D eigenvalue weighted by atomic mass is 10.0. The van der Waals surface area contributed by atoms with Gasteiger partial charge in [-0.1, -0.05) is 80.4 Å². The Kier molecular flexibility index (Phi) is 11.7. The average Bonchev–Trinajstić information content (AvgIpc) is 3.45. The SMILES string of the molecule is CCCC[C@@H](C(=O)N[C@@H](CC(=O)O)C(=O)N[C@@H](Cc1ccc2ccccc2c1)C(N)=O)N(C)C(=O)[C@@H](N)Cc1c[nH]c2ccccc12. The molecule has 0 bridgehead atoms. The Balaban J connectivity index is 1.47. The number of hydrogen-bond donors (Lipinski definition) is 6. The van der Waals surface area contributed by atoms with Gasteiger partial charge in [-0.2, -0.15) is 0 Å². The minimum atomic E-state index is -1.54. The fraction of sp³-hybridized carbons (Fsp3) is 0.343. The van der Waals surface area contributed by atoms with Gasteiger partial charge in [-0.05, 0) is 40.8 Å². The molecule has 0 aliphatic rings. The van der Waals surface area contributed by atoms with Gasteiger partial charge in [-0.3, -0.25) is 24.0 Å². The summed E-state index contributed by atoms with van der Waals surface area (Å²) in [5, 5.41) is 17.5. The first-order valence-electron chi connectivity index (χ1n) is 15.6. The lowest BCUT2D eigenvalue weighted by Gasteiger charge is -2.31. The number of carboxylic acid groups (broad SMARTS) is 1. The van der Waals surface area contributed by atoms with Crippen molar-refractivity contribution in [1.29, 1.82) is 0 Å². The van der Waals surface area contributed by atoms with E-state index in [4.69, 9.17) is 11.5 Å². The molecule has 12 nitrogen and oxygen atoms in total. The predicted molar refractivity (Wildman–Crippen MR) is 179 cm³/mol. The molecule has 248 valence electrons. The third-order valence-electron chi connectivity index (χ3n) is 8.31. The van der Waals surface area contributed by atoms with Gasteiger partial charge < -0.3 is 37.1 Å². The number of nitrogens with two attached hydrogens (primary N) is 2. The molecule has 0 spiro atoms. The fourth-order valence-corrected chi connectivity index (χ4v) is 5.69. The molecule has 0 fully saturated rings. The molecule has 0 unspecified atom stereocenters. The largest absolute Gasteiger partial charge is 0.481 e. The second kappa shape index (κ2) is 15.9. The Morgan fingerprint density at radius 1 is 0.894 bits per heavy atom. The van der Waals surface area contributed by atoms with Crippen LogP contribution < -0.4 is 22.1 Å². The van der Waals surface area contributed by atoms with E-state index < -0.39 is 60.2 Å². The highest BCUT2D eigenvalue weighted by molar-refractivity contribution is 5.96. The van der Waals surface area contributed by atoms with E-state index in [1.165, 1.54) is 11.9 Å². The first kappa shape index (κ1) is 34.6. The standard InChI is InChI=1S/C35H42N6O6/c1-3-4-13-30(41(2)35(47)26(36)18-24-20-38-27-12-8-7-11-25(24)27)34(46)40-29(19-31(42)43)33(45)39-28(32(37)44)17-21-14-15-22-9-5-6-10-23(22)16-21/h5-12,14-16,20,26,28-30,38H,3-4,13,17-19,36H2,1-2H3,(H2,37,44)(H,39,45)(H,40,46)(H,42,43)/t26-,28-,29-,30-/m0/s1. The zero-order valence-electron chi connectivity index (χ0n) is 26.6. The number of hydrogen-bond acceptors (Lipinski definition) is 6. The summed E-state index contributed by atoms with van der Waals surface area (Å²) < 4.78 is 0. The van der Waals surface area contributed by atoms with Crippen LogP contribution in [-0.4, -0.2) is 75.8 Å². The van der Waals surface area contributed by atoms with Gasteiger partial charge >= 0.3 is 5.97 Å². The van der Waals surface area contributed by atoms with Crippen molar-refractivity contribution < 1.29 is 29.1 Å². The molecule has 47 heavy (non-hydrogen) atoms. The first-order valence-corrected chi connectivity index (χ1v) is 15.6. The number of carboxylic acids is 1. The average molecular weight is 643 g/mol. The minimum Gasteiger partial charge on any atom is -0.481 e. The zero-order chi connectivity index (χ0) is 34.1. The van der Waals surface area contributed by atoms with Crippen LogP contribution in [0.25, 0.3) is 21.7 Å². The number of aromatic amines is 1. The molecule has 0 saturated heterocycles. The van der Waals surface area contributed by atoms with Gasteiger partial charge in [0.05, 0.1) is 12.5 Å². The van der Waals surface area contributed by atoms with E-state index in [-0.39, 0.29) is 19.3 Å². The van der Waals surface area contributed by atoms with Crippen molar-refractivity contribution in [3.63, 3.8) is 0 Å². The highest BCUT2D eigenvalue weighted by Gasteiger charge is 2.34. The van der Waals surface area contributed by atoms with Crippen molar-refractivity contribution in [2.24, 2.45) is 11.5 Å². The van der Waals surface area contributed by atoms with E-state index in [1.807, 2.05) is 73.7 Å². The first-order chi connectivity index (χ1) is 22.5. The molecule has 4 aromatic rings. The summed E-state index contributed by atoms with van der Waals surface area (Å²) in [5.74, 6) is -4.23. The lowest BCUT2D eigenvalue weighted by Crippen LogP contribution is -2.58. The summed E-state index contributed by atoms with van der Waals surface area (Å²) >= 11 is 0. The number of primary amides is 1. The van der Waals surface area contributed by atoms with Crippen LogP contribution in [-0.2, 0) is 36.8 Å². The highest BCUT2D eigenvalue weighted by Crippen LogP contribution is 2.20. The Morgan fingerprint density at radius 3 is 2.28 bits per heavy atom. The van der Waals surface area contributed by atoms with Gasteiger partial charge in [-0.15, -0.1) is 0 Å². The second-order valence-corrected chi connectivity index (χ2v) is 11.8. The van der Waals surface area contributed by atoms with Gasteiger partial charge in [-0.25, -0.2) is 0 Å². The van der Waals surface area contributed by atoms with Crippen LogP contribution in [0.5, 0.6) is 0 Å². The topological polar surface area (TPSA) is 201 Å². The zero-order valence-corrected chi connectivity index (χ0v) is 26.6. The van der Waals surface area contributed by atoms with E-state index in [0.717, 1.165) is 39.2 Å². The number of rotatable bonds is 16. The van der Waals surface area contributed by atoms with Gasteiger partial charge in [0.25, 0.3) is 0 Å². The highest BCUT2D eigenvalue weighted by atomic mass is 16.4. The Morgan fingerprint density at radius 2 is 1.57 bits per heavy atom. The number of benzene rings is 3. The fourth-order valence-electron chi connectivity index (χ4n) is 5.69. The van der Waals surface area contributed by atoms with Crippen LogP contribution in [0.1, 0.15) is 43.7 Å². The second-order valence-electron chi connectivity index (χ2n) is 11.8. The number of para-hydroxylation sites is 1. The Labute approximate surface area is 272 Å². The van der Waals surface area contributed by atoms with Gasteiger partial charge in [0.2, 0.25) is 23.6 Å². The van der Waals surface area contributed by atoms with Crippen LogP contribution >= 0.6 is 0 Å². The monoisotopic (exact) mass is 642 g/mol. The molecule has 4 amide bonds. The number of aromatic nitrogens is 1. The molecule has 1 heterocycles. The third kappa shape index (κ3) is 8.95. The van der Waals surface area contributed by atoms with Gasteiger partial charge in [0.15, 0.2) is 0 Å². The maximum atomic E-state index is 13.6. The predicted octanol–water partition coefficient (Wildman–Crippen LogP) is 2.38. The molecule has 12 heteroatoms. The number of carbonyl (C=O) groups is 5. The van der Waals surface area contributed by atoms with Crippen LogP contribution in [0.3, 0.4) is 0 Å². The minimum absolute atomic E-state index is 0.0598. The van der Waals surface area contributed by atoms with E-state index in [1.54, 1.807) is 6.20 Å². The number of unbranched alkanes of at least 4 members (excludes halogenated alkanes) is 1. The van der Waals surface area contributed by atoms with Crippen molar-refractivity contribution in [3.8, 4) is 0 Å². The molecule has 1 aromatic heterocycles. The summed E-state index contributed by atoms with van der Waals surface area (Å²) in [6.07, 6.45) is 2.90. The molecule has 0 aliphatic heterocycles. The number of H-pyrrole nitrogens is 1. The number of nitrogens with zero attached hydrogens (tertiary/aromatic N) is 1. The molecule has 3 aromatic carbocycles. The number of carbonyl (C=O) groups excluding carboxylic acids is 4. The molecule has 0 saturated carbocycles.